The van der Waals surface area contributed by atoms with E-state index in [4.69, 9.17) is 10.7 Å². The largest absolute Gasteiger partial charge is 0.262 e. The number of benzene rings is 1. The van der Waals surface area contributed by atoms with Crippen LogP contribution >= 0.6 is 10.7 Å². The molecule has 0 N–H and O–H groups in total. The van der Waals surface area contributed by atoms with E-state index in [-0.39, 0.29) is 15.5 Å². The lowest BCUT2D eigenvalue weighted by atomic mass is 10.4. The van der Waals surface area contributed by atoms with Crippen molar-refractivity contribution in [1.29, 1.82) is 0 Å². The third kappa shape index (κ3) is 3.69. The molecule has 0 amide bonds. The molecule has 0 radical (unpaired) electrons. The average Bonchev–Trinajstić information content (AvgIpc) is 2.25. The molecule has 0 spiro atoms. The molecule has 0 fully saturated rings. The average molecular weight is 297 g/mol. The minimum atomic E-state index is -4.05. The van der Waals surface area contributed by atoms with E-state index in [2.05, 4.69) is 0 Å². The van der Waals surface area contributed by atoms with Gasteiger partial charge in [-0.15, -0.1) is 0 Å². The summed E-state index contributed by atoms with van der Waals surface area (Å²) in [6.45, 7) is 1.86. The standard InChI is InChI=1S/C10H13ClO4S2/c1-2-3-8-16(12,13)9-6-4-5-7-10(9)17(11,14)15/h4-7H,2-3,8H2,1H3. The second-order valence-electron chi connectivity index (χ2n) is 3.56. The predicted molar refractivity (Wildman–Crippen MR) is 66.4 cm³/mol. The van der Waals surface area contributed by atoms with Gasteiger partial charge in [0, 0.05) is 10.7 Å². The molecule has 17 heavy (non-hydrogen) atoms. The van der Waals surface area contributed by atoms with Crippen LogP contribution in [0.3, 0.4) is 0 Å². The lowest BCUT2D eigenvalue weighted by molar-refractivity contribution is 0.585. The Kier molecular flexibility index (Phi) is 4.57. The number of rotatable bonds is 5. The molecule has 0 atom stereocenters. The minimum Gasteiger partial charge on any atom is -0.224 e. The van der Waals surface area contributed by atoms with E-state index in [1.54, 1.807) is 0 Å². The van der Waals surface area contributed by atoms with E-state index in [1.807, 2.05) is 6.92 Å². The van der Waals surface area contributed by atoms with E-state index >= 15 is 0 Å². The maximum atomic E-state index is 11.9. The molecule has 7 heteroatoms. The minimum absolute atomic E-state index is 0.0765. The highest BCUT2D eigenvalue weighted by molar-refractivity contribution is 8.14. The molecule has 0 bridgehead atoms. The highest BCUT2D eigenvalue weighted by Crippen LogP contribution is 2.25. The van der Waals surface area contributed by atoms with Crippen molar-refractivity contribution in [1.82, 2.24) is 0 Å². The normalized spacial score (nSPS) is 12.6. The summed E-state index contributed by atoms with van der Waals surface area (Å²) in [6.07, 6.45) is 1.20. The van der Waals surface area contributed by atoms with Gasteiger partial charge in [0.1, 0.15) is 4.90 Å². The van der Waals surface area contributed by atoms with Gasteiger partial charge in [-0.3, -0.25) is 0 Å². The molecule has 0 heterocycles. The van der Waals surface area contributed by atoms with Crippen LogP contribution in [-0.4, -0.2) is 22.6 Å². The fourth-order valence-corrected chi connectivity index (χ4v) is 4.70. The van der Waals surface area contributed by atoms with Crippen LogP contribution in [-0.2, 0) is 18.9 Å². The Bertz CT molecular complexity index is 590. The molecule has 1 aromatic rings. The third-order valence-corrected chi connectivity index (χ3v) is 5.58. The zero-order valence-corrected chi connectivity index (χ0v) is 11.6. The molecular weight excluding hydrogens is 284 g/mol. The number of hydrogen-bond acceptors (Lipinski definition) is 4. The van der Waals surface area contributed by atoms with Gasteiger partial charge in [0.25, 0.3) is 9.05 Å². The second-order valence-corrected chi connectivity index (χ2v) is 8.17. The lowest BCUT2D eigenvalue weighted by Crippen LogP contribution is -2.10. The Morgan fingerprint density at radius 1 is 1.06 bits per heavy atom. The van der Waals surface area contributed by atoms with E-state index in [0.29, 0.717) is 6.42 Å². The first-order chi connectivity index (χ1) is 7.79. The van der Waals surface area contributed by atoms with E-state index in [9.17, 15) is 16.8 Å². The van der Waals surface area contributed by atoms with Crippen LogP contribution < -0.4 is 0 Å². The molecule has 0 saturated carbocycles. The summed E-state index contributed by atoms with van der Waals surface area (Å²) >= 11 is 0. The van der Waals surface area contributed by atoms with Gasteiger partial charge >= 0.3 is 0 Å². The van der Waals surface area contributed by atoms with E-state index < -0.39 is 18.9 Å². The second kappa shape index (κ2) is 5.37. The first-order valence-electron chi connectivity index (χ1n) is 5.05. The first kappa shape index (κ1) is 14.5. The first-order valence-corrected chi connectivity index (χ1v) is 9.01. The van der Waals surface area contributed by atoms with Crippen molar-refractivity contribution < 1.29 is 16.8 Å². The van der Waals surface area contributed by atoms with Gasteiger partial charge in [0.2, 0.25) is 0 Å². The highest BCUT2D eigenvalue weighted by atomic mass is 35.7. The Balaban J connectivity index is 3.33. The van der Waals surface area contributed by atoms with Crippen LogP contribution in [0.25, 0.3) is 0 Å². The van der Waals surface area contributed by atoms with Crippen molar-refractivity contribution in [3.05, 3.63) is 24.3 Å². The summed E-state index contributed by atoms with van der Waals surface area (Å²) in [5.74, 6) is -0.0765. The molecule has 1 aromatic carbocycles. The number of hydrogen-bond donors (Lipinski definition) is 0. The van der Waals surface area contributed by atoms with Gasteiger partial charge in [-0.25, -0.2) is 16.8 Å². The highest BCUT2D eigenvalue weighted by Gasteiger charge is 2.24. The van der Waals surface area contributed by atoms with Crippen molar-refractivity contribution in [3.8, 4) is 0 Å². The quantitative estimate of drug-likeness (QED) is 0.781. The number of unbranched alkanes of at least 4 members (excludes halogenated alkanes) is 1. The monoisotopic (exact) mass is 296 g/mol. The molecule has 96 valence electrons. The Morgan fingerprint density at radius 3 is 2.06 bits per heavy atom. The van der Waals surface area contributed by atoms with Gasteiger partial charge in [0.05, 0.1) is 10.6 Å². The van der Waals surface area contributed by atoms with Crippen molar-refractivity contribution in [2.24, 2.45) is 0 Å². The predicted octanol–water partition coefficient (Wildman–Crippen LogP) is 2.19. The van der Waals surface area contributed by atoms with Crippen LogP contribution in [0, 0.1) is 0 Å². The zero-order valence-electron chi connectivity index (χ0n) is 9.26. The summed E-state index contributed by atoms with van der Waals surface area (Å²) in [4.78, 5) is -0.568. The van der Waals surface area contributed by atoms with Crippen LogP contribution in [0.15, 0.2) is 34.1 Å². The summed E-state index contributed by atoms with van der Waals surface area (Å²) < 4.78 is 46.4. The van der Waals surface area contributed by atoms with E-state index in [1.165, 1.54) is 24.3 Å². The number of halogens is 1. The van der Waals surface area contributed by atoms with Crippen LogP contribution in [0.4, 0.5) is 0 Å². The molecule has 1 rings (SSSR count). The molecule has 0 saturated heterocycles. The van der Waals surface area contributed by atoms with Gasteiger partial charge < -0.3 is 0 Å². The molecule has 4 nitrogen and oxygen atoms in total. The van der Waals surface area contributed by atoms with Gasteiger partial charge in [-0.2, -0.15) is 0 Å². The Labute approximate surface area is 106 Å². The fourth-order valence-electron chi connectivity index (χ4n) is 1.35. The van der Waals surface area contributed by atoms with Crippen molar-refractivity contribution in [2.45, 2.75) is 29.6 Å². The maximum Gasteiger partial charge on any atom is 0.262 e. The van der Waals surface area contributed by atoms with Gasteiger partial charge in [-0.05, 0) is 18.6 Å². The van der Waals surface area contributed by atoms with Gasteiger partial charge in [-0.1, -0.05) is 25.5 Å². The topological polar surface area (TPSA) is 68.3 Å². The SMILES string of the molecule is CCCCS(=O)(=O)c1ccccc1S(=O)(=O)Cl. The van der Waals surface area contributed by atoms with Crippen molar-refractivity contribution in [2.75, 3.05) is 5.75 Å². The molecular formula is C10H13ClO4S2. The summed E-state index contributed by atoms with van der Waals surface area (Å²) in [5, 5.41) is 0. The molecule has 0 aromatic heterocycles. The Hall–Kier alpha value is -0.590. The van der Waals surface area contributed by atoms with Crippen LogP contribution in [0.2, 0.25) is 0 Å². The molecule has 0 aliphatic carbocycles. The third-order valence-electron chi connectivity index (χ3n) is 2.21. The lowest BCUT2D eigenvalue weighted by Gasteiger charge is -2.07. The van der Waals surface area contributed by atoms with Crippen LogP contribution in [0.5, 0.6) is 0 Å². The molecule has 0 aliphatic rings. The van der Waals surface area contributed by atoms with E-state index in [0.717, 1.165) is 6.42 Å². The fraction of sp³-hybridized carbons (Fsp3) is 0.400. The smallest absolute Gasteiger partial charge is 0.224 e. The summed E-state index contributed by atoms with van der Waals surface area (Å²) in [7, 11) is -2.44. The van der Waals surface area contributed by atoms with Crippen LogP contribution in [0.1, 0.15) is 19.8 Å². The molecule has 0 aliphatic heterocycles. The van der Waals surface area contributed by atoms with Gasteiger partial charge in [0.15, 0.2) is 9.84 Å². The summed E-state index contributed by atoms with van der Waals surface area (Å²) in [6, 6.07) is 5.37. The van der Waals surface area contributed by atoms with Crippen molar-refractivity contribution in [3.63, 3.8) is 0 Å². The number of sulfone groups is 1. The Morgan fingerprint density at radius 2 is 1.59 bits per heavy atom. The summed E-state index contributed by atoms with van der Waals surface area (Å²) in [5.41, 5.74) is 0. The van der Waals surface area contributed by atoms with Crippen molar-refractivity contribution >= 4 is 29.6 Å². The maximum absolute atomic E-state index is 11.9. The molecule has 0 unspecified atom stereocenters. The zero-order chi connectivity index (χ0) is 13.1.